The summed E-state index contributed by atoms with van der Waals surface area (Å²) in [7, 11) is 0. The highest BCUT2D eigenvalue weighted by Gasteiger charge is 2.51. The van der Waals surface area contributed by atoms with Crippen LogP contribution in [0.5, 0.6) is 0 Å². The van der Waals surface area contributed by atoms with Crippen LogP contribution >= 0.6 is 11.8 Å². The van der Waals surface area contributed by atoms with Crippen LogP contribution in [0.4, 0.5) is 4.79 Å². The van der Waals surface area contributed by atoms with Crippen molar-refractivity contribution in [2.75, 3.05) is 13.2 Å². The molecular formula is C18H23N7O4S. The summed E-state index contributed by atoms with van der Waals surface area (Å²) < 4.78 is 19.2. The fourth-order valence-corrected chi connectivity index (χ4v) is 4.95. The Balaban J connectivity index is 1.21. The number of amides is 1. The first-order valence-electron chi connectivity index (χ1n) is 10.2. The highest BCUT2D eigenvalue weighted by atomic mass is 32.2. The maximum absolute atomic E-state index is 12.3. The van der Waals surface area contributed by atoms with Gasteiger partial charge in [-0.2, -0.15) is 0 Å². The minimum Gasteiger partial charge on any atom is -0.441 e. The molecule has 2 saturated heterocycles. The Morgan fingerprint density at radius 1 is 1.13 bits per heavy atom. The number of carbonyl (C=O) groups excluding carboxylic acids is 1. The van der Waals surface area contributed by atoms with Gasteiger partial charge in [0.25, 0.3) is 0 Å². The average Bonchev–Trinajstić information content (AvgIpc) is 3.47. The number of tetrazole rings is 1. The maximum atomic E-state index is 12.3. The lowest BCUT2D eigenvalue weighted by Crippen LogP contribution is -2.41. The molecule has 2 aromatic heterocycles. The number of hydrogen-bond acceptors (Lipinski definition) is 10. The number of nitrogens with one attached hydrogen (secondary N) is 1. The molecule has 1 saturated carbocycles. The zero-order valence-electron chi connectivity index (χ0n) is 16.3. The Labute approximate surface area is 177 Å². The van der Waals surface area contributed by atoms with E-state index in [0.29, 0.717) is 16.9 Å². The molecule has 2 aliphatic heterocycles. The summed E-state index contributed by atoms with van der Waals surface area (Å²) in [5.74, 6) is 0. The van der Waals surface area contributed by atoms with E-state index in [-0.39, 0.29) is 30.9 Å². The van der Waals surface area contributed by atoms with Gasteiger partial charge < -0.3 is 19.5 Å². The molecule has 5 rings (SSSR count). The van der Waals surface area contributed by atoms with E-state index in [1.165, 1.54) is 18.2 Å². The van der Waals surface area contributed by atoms with E-state index < -0.39 is 12.2 Å². The van der Waals surface area contributed by atoms with Crippen molar-refractivity contribution >= 4 is 17.9 Å². The Morgan fingerprint density at radius 2 is 1.93 bits per heavy atom. The molecule has 4 heterocycles. The van der Waals surface area contributed by atoms with E-state index in [2.05, 4.69) is 30.8 Å². The summed E-state index contributed by atoms with van der Waals surface area (Å²) in [6.45, 7) is 0.657. The van der Waals surface area contributed by atoms with E-state index in [9.17, 15) is 4.79 Å². The number of aromatic nitrogens is 6. The predicted octanol–water partition coefficient (Wildman–Crippen LogP) is 1.38. The monoisotopic (exact) mass is 433 g/mol. The van der Waals surface area contributed by atoms with Crippen LogP contribution in [-0.4, -0.2) is 73.8 Å². The Kier molecular flexibility index (Phi) is 5.77. The van der Waals surface area contributed by atoms with Crippen molar-refractivity contribution < 1.29 is 19.0 Å². The SMILES string of the molecule is O=C(NC1CCCCC1)OC1COC2C1OCC2n1nnnc1Sc1ncccn1. The quantitative estimate of drug-likeness (QED) is 0.691. The van der Waals surface area contributed by atoms with Crippen LogP contribution < -0.4 is 5.32 Å². The lowest BCUT2D eigenvalue weighted by Gasteiger charge is -2.24. The van der Waals surface area contributed by atoms with Gasteiger partial charge in [-0.3, -0.25) is 0 Å². The third-order valence-corrected chi connectivity index (χ3v) is 6.51. The first-order chi connectivity index (χ1) is 14.8. The minimum atomic E-state index is -0.450. The molecule has 2 aromatic rings. The Morgan fingerprint density at radius 3 is 2.77 bits per heavy atom. The van der Waals surface area contributed by atoms with Crippen molar-refractivity contribution in [1.82, 2.24) is 35.5 Å². The third kappa shape index (κ3) is 4.12. The third-order valence-electron chi connectivity index (χ3n) is 5.67. The molecule has 0 aromatic carbocycles. The topological polar surface area (TPSA) is 126 Å². The van der Waals surface area contributed by atoms with Gasteiger partial charge in [0.15, 0.2) is 11.3 Å². The summed E-state index contributed by atoms with van der Waals surface area (Å²) in [4.78, 5) is 20.7. The fourth-order valence-electron chi connectivity index (χ4n) is 4.22. The van der Waals surface area contributed by atoms with Crippen molar-refractivity contribution in [1.29, 1.82) is 0 Å². The van der Waals surface area contributed by atoms with Crippen LogP contribution in [0.1, 0.15) is 38.1 Å². The van der Waals surface area contributed by atoms with Gasteiger partial charge >= 0.3 is 6.09 Å². The van der Waals surface area contributed by atoms with Gasteiger partial charge in [0, 0.05) is 18.4 Å². The first kappa shape index (κ1) is 19.6. The predicted molar refractivity (Wildman–Crippen MR) is 103 cm³/mol. The van der Waals surface area contributed by atoms with Gasteiger partial charge in [-0.15, -0.1) is 5.10 Å². The number of fused-ring (bicyclic) bond motifs is 1. The lowest BCUT2D eigenvalue weighted by molar-refractivity contribution is 0.00152. The largest absolute Gasteiger partial charge is 0.441 e. The van der Waals surface area contributed by atoms with Crippen LogP contribution in [0.2, 0.25) is 0 Å². The van der Waals surface area contributed by atoms with Crippen LogP contribution in [0.25, 0.3) is 0 Å². The molecule has 1 N–H and O–H groups in total. The summed E-state index contributed by atoms with van der Waals surface area (Å²) in [5.41, 5.74) is 0. The van der Waals surface area contributed by atoms with Gasteiger partial charge in [-0.25, -0.2) is 19.4 Å². The molecule has 0 radical (unpaired) electrons. The molecule has 30 heavy (non-hydrogen) atoms. The molecule has 3 aliphatic rings. The molecular weight excluding hydrogens is 410 g/mol. The van der Waals surface area contributed by atoms with Gasteiger partial charge in [-0.1, -0.05) is 19.3 Å². The van der Waals surface area contributed by atoms with E-state index in [1.807, 2.05) is 0 Å². The van der Waals surface area contributed by atoms with E-state index in [0.717, 1.165) is 25.7 Å². The van der Waals surface area contributed by atoms with Gasteiger partial charge in [0.1, 0.15) is 18.2 Å². The molecule has 12 heteroatoms. The summed E-state index contributed by atoms with van der Waals surface area (Å²) in [5, 5.41) is 16.1. The Bertz CT molecular complexity index is 863. The average molecular weight is 433 g/mol. The highest BCUT2D eigenvalue weighted by molar-refractivity contribution is 7.99. The first-order valence-corrected chi connectivity index (χ1v) is 11.0. The second-order valence-electron chi connectivity index (χ2n) is 7.63. The summed E-state index contributed by atoms with van der Waals surface area (Å²) >= 11 is 1.27. The summed E-state index contributed by atoms with van der Waals surface area (Å²) in [6, 6.07) is 1.73. The van der Waals surface area contributed by atoms with Crippen molar-refractivity contribution in [3.8, 4) is 0 Å². The van der Waals surface area contributed by atoms with Crippen molar-refractivity contribution in [2.45, 2.75) is 72.8 Å². The van der Waals surface area contributed by atoms with Crippen LogP contribution in [-0.2, 0) is 14.2 Å². The number of rotatable bonds is 5. The van der Waals surface area contributed by atoms with Gasteiger partial charge in [0.2, 0.25) is 5.16 Å². The number of nitrogens with zero attached hydrogens (tertiary/aromatic N) is 6. The van der Waals surface area contributed by atoms with Crippen molar-refractivity contribution in [3.63, 3.8) is 0 Å². The second-order valence-corrected chi connectivity index (χ2v) is 8.56. The number of alkyl carbamates (subject to hydrolysis) is 1. The van der Waals surface area contributed by atoms with Gasteiger partial charge in [0.05, 0.1) is 13.2 Å². The zero-order chi connectivity index (χ0) is 20.3. The minimum absolute atomic E-state index is 0.197. The molecule has 4 unspecified atom stereocenters. The van der Waals surface area contributed by atoms with Crippen molar-refractivity contribution in [3.05, 3.63) is 18.5 Å². The van der Waals surface area contributed by atoms with Crippen LogP contribution in [0.3, 0.4) is 0 Å². The number of ether oxygens (including phenoxy) is 3. The van der Waals surface area contributed by atoms with E-state index in [4.69, 9.17) is 14.2 Å². The standard InChI is InChI=1S/C18H23N7O4S/c26-18(21-11-5-2-1-3-6-11)29-13-10-28-14-12(9-27-15(13)14)25-17(22-23-24-25)30-16-19-7-4-8-20-16/h4,7-8,11-15H,1-3,5-6,9-10H2,(H,21,26). The van der Waals surface area contributed by atoms with E-state index >= 15 is 0 Å². The normalized spacial score (nSPS) is 28.9. The van der Waals surface area contributed by atoms with Crippen LogP contribution in [0.15, 0.2) is 28.8 Å². The molecule has 0 spiro atoms. The van der Waals surface area contributed by atoms with Crippen LogP contribution in [0, 0.1) is 0 Å². The molecule has 1 amide bonds. The molecule has 1 aliphatic carbocycles. The molecule has 11 nitrogen and oxygen atoms in total. The number of hydrogen-bond donors (Lipinski definition) is 1. The number of carbonyl (C=O) groups is 1. The maximum Gasteiger partial charge on any atom is 0.407 e. The molecule has 160 valence electrons. The van der Waals surface area contributed by atoms with Gasteiger partial charge in [-0.05, 0) is 41.1 Å². The van der Waals surface area contributed by atoms with E-state index in [1.54, 1.807) is 23.1 Å². The second kappa shape index (κ2) is 8.82. The fraction of sp³-hybridized carbons (Fsp3) is 0.667. The molecule has 3 fully saturated rings. The Hall–Kier alpha value is -2.31. The lowest BCUT2D eigenvalue weighted by atomic mass is 9.96. The molecule has 4 atom stereocenters. The van der Waals surface area contributed by atoms with Crippen molar-refractivity contribution in [2.24, 2.45) is 0 Å². The molecule has 0 bridgehead atoms. The zero-order valence-corrected chi connectivity index (χ0v) is 17.1. The highest BCUT2D eigenvalue weighted by Crippen LogP contribution is 2.37. The summed E-state index contributed by atoms with van der Waals surface area (Å²) in [6.07, 6.45) is 7.38. The smallest absolute Gasteiger partial charge is 0.407 e.